The molecule has 0 bridgehead atoms. The molecule has 1 heterocycles. The van der Waals surface area contributed by atoms with Gasteiger partial charge in [-0.15, -0.1) is 0 Å². The fourth-order valence-corrected chi connectivity index (χ4v) is 2.61. The van der Waals surface area contributed by atoms with Gasteiger partial charge in [0.15, 0.2) is 0 Å². The zero-order chi connectivity index (χ0) is 13.4. The summed E-state index contributed by atoms with van der Waals surface area (Å²) < 4.78 is 5.40. The largest absolute Gasteiger partial charge is 0.444 e. The maximum absolute atomic E-state index is 12.0. The van der Waals surface area contributed by atoms with Crippen LogP contribution in [0, 0.1) is 5.92 Å². The van der Waals surface area contributed by atoms with Gasteiger partial charge in [-0.25, -0.2) is 4.79 Å². The van der Waals surface area contributed by atoms with Gasteiger partial charge in [-0.2, -0.15) is 0 Å². The first-order valence-corrected chi connectivity index (χ1v) is 6.98. The van der Waals surface area contributed by atoms with Crippen molar-refractivity contribution in [1.82, 2.24) is 4.90 Å². The molecule has 18 heavy (non-hydrogen) atoms. The first-order chi connectivity index (χ1) is 8.27. The highest BCUT2D eigenvalue weighted by Crippen LogP contribution is 2.42. The van der Waals surface area contributed by atoms with Crippen molar-refractivity contribution in [3.63, 3.8) is 0 Å². The molecule has 4 heteroatoms. The lowest BCUT2D eigenvalue weighted by molar-refractivity contribution is 0.0115. The van der Waals surface area contributed by atoms with Crippen molar-refractivity contribution in [3.8, 4) is 0 Å². The van der Waals surface area contributed by atoms with E-state index in [2.05, 4.69) is 0 Å². The van der Waals surface area contributed by atoms with Gasteiger partial charge in [0.05, 0.1) is 5.60 Å². The molecule has 1 N–H and O–H groups in total. The van der Waals surface area contributed by atoms with Gasteiger partial charge < -0.3 is 14.7 Å². The summed E-state index contributed by atoms with van der Waals surface area (Å²) in [6.45, 7) is 7.18. The van der Waals surface area contributed by atoms with Crippen LogP contribution < -0.4 is 0 Å². The number of carbonyl (C=O) groups is 1. The normalized spacial score (nSPS) is 26.9. The van der Waals surface area contributed by atoms with E-state index in [0.717, 1.165) is 45.2 Å². The Bertz CT molecular complexity index is 317. The average Bonchev–Trinajstić information content (AvgIpc) is 2.94. The third kappa shape index (κ3) is 3.87. The number of aliphatic hydroxyl groups is 1. The number of ether oxygens (including phenoxy) is 1. The second-order valence-electron chi connectivity index (χ2n) is 6.86. The van der Waals surface area contributed by atoms with Crippen molar-refractivity contribution in [1.29, 1.82) is 0 Å². The van der Waals surface area contributed by atoms with Crippen LogP contribution in [0.1, 0.15) is 52.9 Å². The van der Waals surface area contributed by atoms with Crippen molar-refractivity contribution in [2.24, 2.45) is 5.92 Å². The maximum atomic E-state index is 12.0. The summed E-state index contributed by atoms with van der Waals surface area (Å²) in [7, 11) is 0. The quantitative estimate of drug-likeness (QED) is 0.825. The van der Waals surface area contributed by atoms with E-state index in [0.29, 0.717) is 5.92 Å². The van der Waals surface area contributed by atoms with Gasteiger partial charge >= 0.3 is 6.09 Å². The molecule has 0 aromatic heterocycles. The molecule has 0 aromatic carbocycles. The molecule has 1 saturated heterocycles. The van der Waals surface area contributed by atoms with E-state index in [4.69, 9.17) is 4.74 Å². The number of piperidine rings is 1. The molecule has 0 radical (unpaired) electrons. The number of nitrogens with zero attached hydrogens (tertiary/aromatic N) is 1. The Hall–Kier alpha value is -0.770. The van der Waals surface area contributed by atoms with Crippen LogP contribution in [0.2, 0.25) is 0 Å². The lowest BCUT2D eigenvalue weighted by atomic mass is 9.91. The molecule has 1 aliphatic heterocycles. The number of hydrogen-bond donors (Lipinski definition) is 1. The number of carbonyl (C=O) groups excluding carboxylic acids is 1. The van der Waals surface area contributed by atoms with E-state index in [1.54, 1.807) is 4.90 Å². The van der Waals surface area contributed by atoms with E-state index >= 15 is 0 Å². The van der Waals surface area contributed by atoms with Crippen molar-refractivity contribution in [2.75, 3.05) is 13.1 Å². The second-order valence-corrected chi connectivity index (χ2v) is 6.86. The molecule has 4 nitrogen and oxygen atoms in total. The van der Waals surface area contributed by atoms with Crippen LogP contribution in [-0.4, -0.2) is 40.4 Å². The van der Waals surface area contributed by atoms with Crippen molar-refractivity contribution in [2.45, 2.75) is 64.1 Å². The number of hydrogen-bond acceptors (Lipinski definition) is 3. The highest BCUT2D eigenvalue weighted by molar-refractivity contribution is 5.68. The smallest absolute Gasteiger partial charge is 0.410 e. The maximum Gasteiger partial charge on any atom is 0.410 e. The standard InChI is InChI=1S/C14H25NO3/c1-13(2,3)18-12(16)15-8-4-5-11(10-15)9-14(17)6-7-14/h11,17H,4-10H2,1-3H3. The minimum Gasteiger partial charge on any atom is -0.444 e. The molecule has 1 unspecified atom stereocenters. The summed E-state index contributed by atoms with van der Waals surface area (Å²) in [5, 5.41) is 9.96. The molecule has 2 fully saturated rings. The van der Waals surface area contributed by atoms with E-state index in [1.807, 2.05) is 20.8 Å². The van der Waals surface area contributed by atoms with E-state index in [-0.39, 0.29) is 6.09 Å². The molecule has 2 rings (SSSR count). The minimum atomic E-state index is -0.432. The number of rotatable bonds is 2. The summed E-state index contributed by atoms with van der Waals surface area (Å²) in [5.41, 5.74) is -0.847. The van der Waals surface area contributed by atoms with Crippen LogP contribution in [0.25, 0.3) is 0 Å². The Morgan fingerprint density at radius 1 is 1.44 bits per heavy atom. The predicted molar refractivity (Wildman–Crippen MR) is 69.3 cm³/mol. The van der Waals surface area contributed by atoms with Gasteiger partial charge in [0.2, 0.25) is 0 Å². The fourth-order valence-electron chi connectivity index (χ4n) is 2.61. The van der Waals surface area contributed by atoms with Crippen LogP contribution in [0.5, 0.6) is 0 Å². The molecule has 1 aliphatic carbocycles. The van der Waals surface area contributed by atoms with E-state index < -0.39 is 11.2 Å². The first kappa shape index (κ1) is 13.7. The van der Waals surface area contributed by atoms with Gasteiger partial charge in [0.25, 0.3) is 0 Å². The molecule has 2 aliphatic rings. The third-order valence-corrected chi connectivity index (χ3v) is 3.67. The second kappa shape index (κ2) is 4.72. The van der Waals surface area contributed by atoms with Gasteiger partial charge in [-0.1, -0.05) is 0 Å². The van der Waals surface area contributed by atoms with Crippen molar-refractivity contribution >= 4 is 6.09 Å². The third-order valence-electron chi connectivity index (χ3n) is 3.67. The summed E-state index contributed by atoms with van der Waals surface area (Å²) >= 11 is 0. The van der Waals surface area contributed by atoms with E-state index in [1.165, 1.54) is 0 Å². The predicted octanol–water partition coefficient (Wildman–Crippen LogP) is 2.55. The Balaban J connectivity index is 1.84. The van der Waals surface area contributed by atoms with Crippen LogP contribution in [-0.2, 0) is 4.74 Å². The molecule has 1 amide bonds. The van der Waals surface area contributed by atoms with Gasteiger partial charge in [-0.3, -0.25) is 0 Å². The molecule has 0 spiro atoms. The molecular weight excluding hydrogens is 230 g/mol. The van der Waals surface area contributed by atoms with Gasteiger partial charge in [0.1, 0.15) is 5.60 Å². The summed E-state index contributed by atoms with van der Waals surface area (Å²) in [6.07, 6.45) is 4.61. The fraction of sp³-hybridized carbons (Fsp3) is 0.929. The molecule has 1 saturated carbocycles. The van der Waals surface area contributed by atoms with Crippen LogP contribution in [0.15, 0.2) is 0 Å². The van der Waals surface area contributed by atoms with Gasteiger partial charge in [0, 0.05) is 13.1 Å². The van der Waals surface area contributed by atoms with E-state index in [9.17, 15) is 9.90 Å². The van der Waals surface area contributed by atoms with Crippen LogP contribution in [0.4, 0.5) is 4.79 Å². The lowest BCUT2D eigenvalue weighted by Gasteiger charge is -2.34. The summed E-state index contributed by atoms with van der Waals surface area (Å²) in [4.78, 5) is 13.8. The van der Waals surface area contributed by atoms with Crippen LogP contribution in [0.3, 0.4) is 0 Å². The summed E-state index contributed by atoms with van der Waals surface area (Å²) in [5.74, 6) is 0.429. The minimum absolute atomic E-state index is 0.213. The average molecular weight is 255 g/mol. The molecule has 1 atom stereocenters. The lowest BCUT2D eigenvalue weighted by Crippen LogP contribution is -2.43. The SMILES string of the molecule is CC(C)(C)OC(=O)N1CCCC(CC2(O)CC2)C1. The summed E-state index contributed by atoms with van der Waals surface area (Å²) in [6, 6.07) is 0. The topological polar surface area (TPSA) is 49.8 Å². The Morgan fingerprint density at radius 2 is 2.11 bits per heavy atom. The number of likely N-dealkylation sites (tertiary alicyclic amines) is 1. The first-order valence-electron chi connectivity index (χ1n) is 6.98. The molecule has 104 valence electrons. The Labute approximate surface area is 109 Å². The monoisotopic (exact) mass is 255 g/mol. The highest BCUT2D eigenvalue weighted by Gasteiger charge is 2.43. The highest BCUT2D eigenvalue weighted by atomic mass is 16.6. The Kier molecular flexibility index (Phi) is 3.58. The zero-order valence-electron chi connectivity index (χ0n) is 11.7. The van der Waals surface area contributed by atoms with Crippen LogP contribution >= 0.6 is 0 Å². The van der Waals surface area contributed by atoms with Gasteiger partial charge in [-0.05, 0) is 58.8 Å². The Morgan fingerprint density at radius 3 is 2.67 bits per heavy atom. The molecular formula is C14H25NO3. The number of amides is 1. The zero-order valence-corrected chi connectivity index (χ0v) is 11.7. The molecule has 0 aromatic rings. The van der Waals surface area contributed by atoms with Crippen molar-refractivity contribution < 1.29 is 14.6 Å². The van der Waals surface area contributed by atoms with Crippen molar-refractivity contribution in [3.05, 3.63) is 0 Å².